The molecule has 2 aromatic heterocycles. The number of hydrogen-bond donors (Lipinski definition) is 1. The van der Waals surface area contributed by atoms with Crippen molar-refractivity contribution in [2.45, 2.75) is 24.5 Å². The van der Waals surface area contributed by atoms with Crippen LogP contribution in [0.3, 0.4) is 0 Å². The topological polar surface area (TPSA) is 98.7 Å². The van der Waals surface area contributed by atoms with Crippen molar-refractivity contribution in [2.24, 2.45) is 0 Å². The molecule has 1 N–H and O–H groups in total. The zero-order valence-electron chi connectivity index (χ0n) is 16.2. The molecule has 2 heterocycles. The Morgan fingerprint density at radius 1 is 1.20 bits per heavy atom. The van der Waals surface area contributed by atoms with E-state index < -0.39 is 5.82 Å². The van der Waals surface area contributed by atoms with E-state index in [4.69, 9.17) is 4.52 Å². The van der Waals surface area contributed by atoms with Crippen LogP contribution in [-0.2, 0) is 5.75 Å². The van der Waals surface area contributed by atoms with Gasteiger partial charge in [0.25, 0.3) is 5.91 Å². The second kappa shape index (κ2) is 8.46. The van der Waals surface area contributed by atoms with E-state index in [0.29, 0.717) is 22.8 Å². The molecule has 152 valence electrons. The third-order valence-electron chi connectivity index (χ3n) is 4.24. The molecule has 8 nitrogen and oxygen atoms in total. The Morgan fingerprint density at radius 2 is 2.03 bits per heavy atom. The summed E-state index contributed by atoms with van der Waals surface area (Å²) in [7, 11) is 0. The molecule has 30 heavy (non-hydrogen) atoms. The van der Waals surface area contributed by atoms with E-state index in [1.54, 1.807) is 19.1 Å². The second-order valence-electron chi connectivity index (χ2n) is 6.48. The molecule has 0 bridgehead atoms. The lowest BCUT2D eigenvalue weighted by molar-refractivity contribution is 0.102. The Labute approximate surface area is 175 Å². The summed E-state index contributed by atoms with van der Waals surface area (Å²) in [4.78, 5) is 13.7. The molecule has 2 aromatic carbocycles. The van der Waals surface area contributed by atoms with E-state index >= 15 is 0 Å². The number of thioether (sulfide) groups is 1. The highest BCUT2D eigenvalue weighted by Crippen LogP contribution is 2.27. The number of carbonyl (C=O) groups excluding carboxylic acids is 1. The summed E-state index contributed by atoms with van der Waals surface area (Å²) in [5.41, 5.74) is 1.89. The first-order valence-corrected chi connectivity index (χ1v) is 10.00. The van der Waals surface area contributed by atoms with Crippen LogP contribution in [0.2, 0.25) is 0 Å². The van der Waals surface area contributed by atoms with Gasteiger partial charge in [0.05, 0.1) is 17.0 Å². The minimum absolute atomic E-state index is 0.152. The maximum atomic E-state index is 14.3. The summed E-state index contributed by atoms with van der Waals surface area (Å²) in [6.45, 7) is 3.51. The molecule has 0 fully saturated rings. The number of aromatic nitrogens is 5. The van der Waals surface area contributed by atoms with Crippen LogP contribution in [-0.4, -0.2) is 31.3 Å². The van der Waals surface area contributed by atoms with Crippen molar-refractivity contribution in [3.63, 3.8) is 0 Å². The van der Waals surface area contributed by atoms with Crippen molar-refractivity contribution in [3.05, 3.63) is 77.2 Å². The summed E-state index contributed by atoms with van der Waals surface area (Å²) < 4.78 is 20.8. The highest BCUT2D eigenvalue weighted by molar-refractivity contribution is 7.98. The van der Waals surface area contributed by atoms with E-state index in [9.17, 15) is 9.18 Å². The number of carbonyl (C=O) groups is 1. The monoisotopic (exact) mass is 424 g/mol. The second-order valence-corrected chi connectivity index (χ2v) is 7.49. The highest BCUT2D eigenvalue weighted by Gasteiger charge is 2.15. The van der Waals surface area contributed by atoms with Gasteiger partial charge in [-0.15, -0.1) is 16.9 Å². The number of hydrogen-bond acceptors (Lipinski definition) is 7. The Kier molecular flexibility index (Phi) is 5.57. The van der Waals surface area contributed by atoms with Crippen LogP contribution in [0.25, 0.3) is 5.69 Å². The van der Waals surface area contributed by atoms with Crippen molar-refractivity contribution >= 4 is 23.4 Å². The van der Waals surface area contributed by atoms with Gasteiger partial charge in [0.1, 0.15) is 17.3 Å². The van der Waals surface area contributed by atoms with Gasteiger partial charge in [-0.05, 0) is 54.6 Å². The van der Waals surface area contributed by atoms with Crippen LogP contribution in [0.5, 0.6) is 0 Å². The molecule has 0 saturated carbocycles. The largest absolute Gasteiger partial charge is 0.360 e. The summed E-state index contributed by atoms with van der Waals surface area (Å²) in [6.07, 6.45) is 0. The summed E-state index contributed by atoms with van der Waals surface area (Å²) in [5, 5.41) is 17.8. The van der Waals surface area contributed by atoms with Gasteiger partial charge >= 0.3 is 0 Å². The molecular weight excluding hydrogens is 407 g/mol. The molecule has 10 heteroatoms. The lowest BCUT2D eigenvalue weighted by atomic mass is 10.2. The lowest BCUT2D eigenvalue weighted by Crippen LogP contribution is -2.14. The number of rotatable bonds is 6. The molecule has 0 saturated heterocycles. The fraction of sp³-hybridized carbons (Fsp3) is 0.150. The van der Waals surface area contributed by atoms with Gasteiger partial charge < -0.3 is 9.84 Å². The zero-order valence-corrected chi connectivity index (χ0v) is 17.0. The number of nitrogens with one attached hydrogen (secondary N) is 1. The Hall–Kier alpha value is -3.53. The van der Waals surface area contributed by atoms with Crippen molar-refractivity contribution in [1.82, 2.24) is 25.4 Å². The molecule has 0 radical (unpaired) electrons. The number of tetrazole rings is 1. The predicted octanol–water partition coefficient (Wildman–Crippen LogP) is 3.95. The van der Waals surface area contributed by atoms with Crippen LogP contribution in [0.15, 0.2) is 57.9 Å². The van der Waals surface area contributed by atoms with Gasteiger partial charge in [0.2, 0.25) is 0 Å². The first-order chi connectivity index (χ1) is 14.5. The fourth-order valence-electron chi connectivity index (χ4n) is 2.82. The summed E-state index contributed by atoms with van der Waals surface area (Å²) in [6, 6.07) is 13.4. The quantitative estimate of drug-likeness (QED) is 0.468. The average molecular weight is 424 g/mol. The van der Waals surface area contributed by atoms with Gasteiger partial charge in [-0.3, -0.25) is 4.79 Å². The number of benzene rings is 2. The number of anilines is 1. The van der Waals surface area contributed by atoms with Gasteiger partial charge in [0.15, 0.2) is 5.82 Å². The third kappa shape index (κ3) is 4.23. The SMILES string of the molecule is Cc1cc(CSc2ccccc2C(=O)Nc2ccc(F)c(-n3nnnc3C)c2)on1. The summed E-state index contributed by atoms with van der Waals surface area (Å²) in [5.74, 6) is 0.902. The molecule has 0 unspecified atom stereocenters. The normalized spacial score (nSPS) is 10.9. The van der Waals surface area contributed by atoms with Crippen molar-refractivity contribution in [1.29, 1.82) is 0 Å². The first-order valence-electron chi connectivity index (χ1n) is 9.01. The van der Waals surface area contributed by atoms with E-state index in [0.717, 1.165) is 16.3 Å². The van der Waals surface area contributed by atoms with Gasteiger partial charge in [-0.25, -0.2) is 4.39 Å². The maximum Gasteiger partial charge on any atom is 0.256 e. The van der Waals surface area contributed by atoms with E-state index in [2.05, 4.69) is 26.0 Å². The minimum Gasteiger partial charge on any atom is -0.360 e. The smallest absolute Gasteiger partial charge is 0.256 e. The molecule has 4 aromatic rings. The first kappa shape index (κ1) is 19.8. The van der Waals surface area contributed by atoms with Crippen LogP contribution < -0.4 is 5.32 Å². The molecule has 0 aliphatic rings. The Bertz CT molecular complexity index is 1210. The highest BCUT2D eigenvalue weighted by atomic mass is 32.2. The number of nitrogens with zero attached hydrogens (tertiary/aromatic N) is 5. The summed E-state index contributed by atoms with van der Waals surface area (Å²) >= 11 is 1.47. The van der Waals surface area contributed by atoms with Crippen molar-refractivity contribution in [3.8, 4) is 5.69 Å². The predicted molar refractivity (Wildman–Crippen MR) is 109 cm³/mol. The van der Waals surface area contributed by atoms with E-state index in [1.165, 1.54) is 34.6 Å². The molecule has 4 rings (SSSR count). The minimum atomic E-state index is -0.498. The Morgan fingerprint density at radius 3 is 2.77 bits per heavy atom. The van der Waals surface area contributed by atoms with Crippen molar-refractivity contribution < 1.29 is 13.7 Å². The van der Waals surface area contributed by atoms with Crippen molar-refractivity contribution in [2.75, 3.05) is 5.32 Å². The molecule has 1 amide bonds. The molecular formula is C20H17FN6O2S. The average Bonchev–Trinajstić information content (AvgIpc) is 3.36. The van der Waals surface area contributed by atoms with E-state index in [-0.39, 0.29) is 11.6 Å². The fourth-order valence-corrected chi connectivity index (χ4v) is 3.74. The lowest BCUT2D eigenvalue weighted by Gasteiger charge is -2.11. The molecule has 0 aliphatic carbocycles. The Balaban J connectivity index is 1.54. The number of amides is 1. The van der Waals surface area contributed by atoms with Gasteiger partial charge in [0, 0.05) is 16.6 Å². The molecule has 0 spiro atoms. The number of halogens is 1. The molecule has 0 atom stereocenters. The van der Waals surface area contributed by atoms with Gasteiger partial charge in [-0.2, -0.15) is 4.68 Å². The molecule has 0 aliphatic heterocycles. The van der Waals surface area contributed by atoms with Crippen LogP contribution in [0.1, 0.15) is 27.6 Å². The van der Waals surface area contributed by atoms with E-state index in [1.807, 2.05) is 25.1 Å². The third-order valence-corrected chi connectivity index (χ3v) is 5.33. The number of aryl methyl sites for hydroxylation is 2. The van der Waals surface area contributed by atoms with Crippen LogP contribution in [0, 0.1) is 19.7 Å². The van der Waals surface area contributed by atoms with Gasteiger partial charge in [-0.1, -0.05) is 17.3 Å². The zero-order chi connectivity index (χ0) is 21.1. The van der Waals surface area contributed by atoms with Crippen LogP contribution in [0.4, 0.5) is 10.1 Å². The standard InChI is InChI=1S/C20H17FN6O2S/c1-12-9-15(29-24-12)11-30-19-6-4-3-5-16(19)20(28)22-14-7-8-17(21)18(10-14)27-13(2)23-25-26-27/h3-10H,11H2,1-2H3,(H,22,28). The maximum absolute atomic E-state index is 14.3. The van der Waals surface area contributed by atoms with Crippen LogP contribution >= 0.6 is 11.8 Å².